The van der Waals surface area contributed by atoms with Crippen LogP contribution in [0, 0.1) is 0 Å². The summed E-state index contributed by atoms with van der Waals surface area (Å²) in [7, 11) is 0. The van der Waals surface area contributed by atoms with E-state index < -0.39 is 23.8 Å². The van der Waals surface area contributed by atoms with Crippen molar-refractivity contribution in [1.82, 2.24) is 9.55 Å². The molecule has 2 aromatic carbocycles. The van der Waals surface area contributed by atoms with E-state index in [1.165, 1.54) is 12.1 Å². The number of halogens is 4. The molecule has 140 valence electrons. The predicted molar refractivity (Wildman–Crippen MR) is 93.3 cm³/mol. The van der Waals surface area contributed by atoms with Crippen LogP contribution in [-0.2, 0) is 17.5 Å². The lowest BCUT2D eigenvalue weighted by atomic mass is 10.1. The Morgan fingerprint density at radius 1 is 1.19 bits per heavy atom. The van der Waals surface area contributed by atoms with Crippen LogP contribution < -0.4 is 0 Å². The molecule has 0 amide bonds. The maximum Gasteiger partial charge on any atom is 0.416 e. The summed E-state index contributed by atoms with van der Waals surface area (Å²) in [5.41, 5.74) is -0.419. The molecule has 0 aliphatic carbocycles. The summed E-state index contributed by atoms with van der Waals surface area (Å²) in [6.45, 7) is 0.256. The largest absolute Gasteiger partial charge is 0.452 e. The van der Waals surface area contributed by atoms with Crippen molar-refractivity contribution in [2.24, 2.45) is 0 Å². The second-order valence-corrected chi connectivity index (χ2v) is 6.22. The highest BCUT2D eigenvalue weighted by molar-refractivity contribution is 6.30. The van der Waals surface area contributed by atoms with Crippen LogP contribution in [-0.4, -0.2) is 15.5 Å². The van der Waals surface area contributed by atoms with Crippen molar-refractivity contribution >= 4 is 17.6 Å². The maximum absolute atomic E-state index is 12.9. The first-order valence-electron chi connectivity index (χ1n) is 7.92. The van der Waals surface area contributed by atoms with Gasteiger partial charge in [-0.25, -0.2) is 9.78 Å². The molecule has 1 aromatic heterocycles. The van der Waals surface area contributed by atoms with Gasteiger partial charge in [0, 0.05) is 17.4 Å². The summed E-state index contributed by atoms with van der Waals surface area (Å²) in [6, 6.07) is 10.8. The van der Waals surface area contributed by atoms with Gasteiger partial charge in [0.05, 0.1) is 24.0 Å². The first kappa shape index (κ1) is 19.0. The zero-order chi connectivity index (χ0) is 19.4. The number of alkyl halides is 3. The number of hydrogen-bond donors (Lipinski definition) is 0. The molecule has 0 saturated heterocycles. The zero-order valence-corrected chi connectivity index (χ0v) is 14.6. The highest BCUT2D eigenvalue weighted by Crippen LogP contribution is 2.30. The van der Waals surface area contributed by atoms with E-state index in [0.29, 0.717) is 10.6 Å². The molecule has 0 unspecified atom stereocenters. The van der Waals surface area contributed by atoms with Gasteiger partial charge in [0.1, 0.15) is 6.10 Å². The first-order valence-corrected chi connectivity index (χ1v) is 8.30. The third-order valence-corrected chi connectivity index (χ3v) is 4.10. The van der Waals surface area contributed by atoms with E-state index in [9.17, 15) is 18.0 Å². The van der Waals surface area contributed by atoms with E-state index in [1.807, 2.05) is 0 Å². The number of imidazole rings is 1. The van der Waals surface area contributed by atoms with Gasteiger partial charge in [-0.2, -0.15) is 13.2 Å². The fourth-order valence-corrected chi connectivity index (χ4v) is 2.62. The monoisotopic (exact) mass is 394 g/mol. The van der Waals surface area contributed by atoms with Crippen molar-refractivity contribution in [3.8, 4) is 0 Å². The molecule has 27 heavy (non-hydrogen) atoms. The van der Waals surface area contributed by atoms with E-state index in [4.69, 9.17) is 16.3 Å². The molecule has 3 aromatic rings. The predicted octanol–water partition coefficient (Wildman–Crippen LogP) is 5.15. The van der Waals surface area contributed by atoms with Crippen LogP contribution in [0.2, 0.25) is 5.02 Å². The minimum atomic E-state index is -4.54. The van der Waals surface area contributed by atoms with Crippen LogP contribution in [0.5, 0.6) is 0 Å². The van der Waals surface area contributed by atoms with E-state index in [1.54, 1.807) is 47.6 Å². The molecule has 3 rings (SSSR count). The molecule has 0 N–H and O–H groups in total. The Morgan fingerprint density at radius 3 is 2.56 bits per heavy atom. The van der Waals surface area contributed by atoms with Gasteiger partial charge in [0.25, 0.3) is 0 Å². The van der Waals surface area contributed by atoms with Crippen molar-refractivity contribution in [2.45, 2.75) is 18.8 Å². The lowest BCUT2D eigenvalue weighted by Gasteiger charge is -2.19. The molecule has 0 radical (unpaired) electrons. The number of aromatic nitrogens is 2. The normalized spacial score (nSPS) is 12.6. The molecule has 0 bridgehead atoms. The molecule has 0 aliphatic heterocycles. The number of rotatable bonds is 5. The zero-order valence-electron chi connectivity index (χ0n) is 13.9. The molecule has 0 saturated carbocycles. The number of esters is 1. The first-order chi connectivity index (χ1) is 12.8. The Bertz CT molecular complexity index is 909. The van der Waals surface area contributed by atoms with Crippen LogP contribution in [0.25, 0.3) is 0 Å². The summed E-state index contributed by atoms with van der Waals surface area (Å²) < 4.78 is 45.8. The van der Waals surface area contributed by atoms with Crippen LogP contribution in [0.1, 0.15) is 27.6 Å². The molecule has 1 heterocycles. The average Bonchev–Trinajstić information content (AvgIpc) is 3.14. The number of nitrogens with zero attached hydrogens (tertiary/aromatic N) is 2. The Labute approximate surface area is 158 Å². The summed E-state index contributed by atoms with van der Waals surface area (Å²) in [5, 5.41) is 0.518. The van der Waals surface area contributed by atoms with Crippen LogP contribution in [0.3, 0.4) is 0 Å². The van der Waals surface area contributed by atoms with E-state index in [-0.39, 0.29) is 12.1 Å². The number of carbonyl (C=O) groups is 1. The highest BCUT2D eigenvalue weighted by Gasteiger charge is 2.31. The molecule has 1 atom stereocenters. The second-order valence-electron chi connectivity index (χ2n) is 5.78. The number of carbonyl (C=O) groups excluding carboxylic acids is 1. The van der Waals surface area contributed by atoms with Crippen molar-refractivity contribution in [2.75, 3.05) is 0 Å². The van der Waals surface area contributed by atoms with Crippen molar-refractivity contribution in [1.29, 1.82) is 0 Å². The fraction of sp³-hybridized carbons (Fsp3) is 0.158. The van der Waals surface area contributed by atoms with E-state index in [2.05, 4.69) is 4.98 Å². The van der Waals surface area contributed by atoms with Crippen molar-refractivity contribution in [3.05, 3.63) is 89.0 Å². The van der Waals surface area contributed by atoms with Gasteiger partial charge in [-0.05, 0) is 35.9 Å². The van der Waals surface area contributed by atoms with E-state index in [0.717, 1.165) is 12.1 Å². The van der Waals surface area contributed by atoms with Crippen LogP contribution >= 0.6 is 11.6 Å². The minimum absolute atomic E-state index is 0.172. The minimum Gasteiger partial charge on any atom is -0.452 e. The smallest absolute Gasteiger partial charge is 0.416 e. The summed E-state index contributed by atoms with van der Waals surface area (Å²) in [4.78, 5) is 16.4. The van der Waals surface area contributed by atoms with Gasteiger partial charge < -0.3 is 9.30 Å². The second kappa shape index (κ2) is 7.84. The van der Waals surface area contributed by atoms with Crippen molar-refractivity contribution in [3.63, 3.8) is 0 Å². The third-order valence-electron chi connectivity index (χ3n) is 3.85. The maximum atomic E-state index is 12.9. The molecule has 0 fully saturated rings. The Morgan fingerprint density at radius 2 is 1.93 bits per heavy atom. The lowest BCUT2D eigenvalue weighted by molar-refractivity contribution is -0.137. The SMILES string of the molecule is O=C(O[C@H](Cn1ccnc1)c1ccc(Cl)cc1)c1cccc(C(F)(F)F)c1. The molecule has 0 aliphatic rings. The van der Waals surface area contributed by atoms with Gasteiger partial charge >= 0.3 is 12.1 Å². The molecular formula is C19H14ClF3N2O2. The van der Waals surface area contributed by atoms with Gasteiger partial charge in [0.15, 0.2) is 0 Å². The fourth-order valence-electron chi connectivity index (χ4n) is 2.49. The van der Waals surface area contributed by atoms with Gasteiger partial charge in [0.2, 0.25) is 0 Å². The number of benzene rings is 2. The Kier molecular flexibility index (Phi) is 5.51. The molecule has 4 nitrogen and oxygen atoms in total. The van der Waals surface area contributed by atoms with Crippen LogP contribution in [0.15, 0.2) is 67.3 Å². The lowest BCUT2D eigenvalue weighted by Crippen LogP contribution is -2.17. The Hall–Kier alpha value is -2.80. The van der Waals surface area contributed by atoms with Gasteiger partial charge in [-0.15, -0.1) is 0 Å². The summed E-state index contributed by atoms with van der Waals surface area (Å²) in [5.74, 6) is -0.846. The Balaban J connectivity index is 1.85. The van der Waals surface area contributed by atoms with Crippen LogP contribution in [0.4, 0.5) is 13.2 Å². The van der Waals surface area contributed by atoms with E-state index >= 15 is 0 Å². The molecule has 0 spiro atoms. The van der Waals surface area contributed by atoms with Crippen molar-refractivity contribution < 1.29 is 22.7 Å². The topological polar surface area (TPSA) is 44.1 Å². The quantitative estimate of drug-likeness (QED) is 0.562. The highest BCUT2D eigenvalue weighted by atomic mass is 35.5. The number of ether oxygens (including phenoxy) is 1. The van der Waals surface area contributed by atoms with Gasteiger partial charge in [-0.1, -0.05) is 29.8 Å². The third kappa shape index (κ3) is 4.89. The molecular weight excluding hydrogens is 381 g/mol. The summed E-state index contributed by atoms with van der Waals surface area (Å²) in [6.07, 6.45) is -0.434. The number of hydrogen-bond acceptors (Lipinski definition) is 3. The molecule has 8 heteroatoms. The summed E-state index contributed by atoms with van der Waals surface area (Å²) >= 11 is 5.89. The average molecular weight is 395 g/mol. The standard InChI is InChI=1S/C19H14ClF3N2O2/c20-16-6-4-13(5-7-16)17(11-25-9-8-24-12-25)27-18(26)14-2-1-3-15(10-14)19(21,22)23/h1-10,12,17H,11H2/t17-/m1/s1. The van der Waals surface area contributed by atoms with Gasteiger partial charge in [-0.3, -0.25) is 0 Å².